The molecule has 7 rings (SSSR count). The van der Waals surface area contributed by atoms with Crippen LogP contribution < -0.4 is 4.74 Å². The third-order valence-corrected chi connectivity index (χ3v) is 9.15. The maximum Gasteiger partial charge on any atom is 0.254 e. The van der Waals surface area contributed by atoms with E-state index < -0.39 is 11.0 Å². The van der Waals surface area contributed by atoms with E-state index in [1.807, 2.05) is 41.3 Å². The number of phenolic OH excluding ortho intramolecular Hbond substituents is 1. The van der Waals surface area contributed by atoms with Crippen molar-refractivity contribution in [1.29, 1.82) is 0 Å². The van der Waals surface area contributed by atoms with Crippen molar-refractivity contribution >= 4 is 5.91 Å². The van der Waals surface area contributed by atoms with Crippen LogP contribution in [0.2, 0.25) is 0 Å². The minimum Gasteiger partial charge on any atom is -0.504 e. The van der Waals surface area contributed by atoms with Crippen molar-refractivity contribution in [3.8, 4) is 11.5 Å². The molecule has 5 aliphatic rings. The summed E-state index contributed by atoms with van der Waals surface area (Å²) in [6.07, 6.45) is 4.25. The zero-order chi connectivity index (χ0) is 22.5. The molecule has 0 radical (unpaired) electrons. The molecule has 2 aliphatic carbocycles. The molecule has 3 heterocycles. The predicted molar refractivity (Wildman–Crippen MR) is 122 cm³/mol. The van der Waals surface area contributed by atoms with E-state index in [1.54, 1.807) is 6.07 Å². The Bertz CT molecular complexity index is 1210. The maximum atomic E-state index is 13.4. The minimum atomic E-state index is -0.975. The molecule has 2 aromatic rings. The fourth-order valence-electron chi connectivity index (χ4n) is 7.85. The number of hydrogen-bond acceptors (Lipinski definition) is 5. The van der Waals surface area contributed by atoms with Gasteiger partial charge in [0.1, 0.15) is 6.10 Å². The lowest BCUT2D eigenvalue weighted by molar-refractivity contribution is -0.196. The van der Waals surface area contributed by atoms with E-state index in [0.717, 1.165) is 48.2 Å². The predicted octanol–water partition coefficient (Wildman–Crippen LogP) is 2.76. The molecule has 0 aromatic heterocycles. The Morgan fingerprint density at radius 3 is 2.85 bits per heavy atom. The van der Waals surface area contributed by atoms with Gasteiger partial charge in [-0.1, -0.05) is 30.3 Å². The van der Waals surface area contributed by atoms with E-state index in [0.29, 0.717) is 25.1 Å². The van der Waals surface area contributed by atoms with Gasteiger partial charge in [-0.15, -0.1) is 6.58 Å². The van der Waals surface area contributed by atoms with Crippen LogP contribution in [0.1, 0.15) is 46.3 Å². The van der Waals surface area contributed by atoms with E-state index >= 15 is 0 Å². The molecule has 2 N–H and O–H groups in total. The highest BCUT2D eigenvalue weighted by atomic mass is 16.5. The number of fused-ring (bicyclic) bond motifs is 1. The van der Waals surface area contributed by atoms with Crippen LogP contribution in [0.25, 0.3) is 0 Å². The molecule has 0 unspecified atom stereocenters. The normalized spacial score (nSPS) is 35.7. The van der Waals surface area contributed by atoms with Crippen LogP contribution in [0.15, 0.2) is 49.1 Å². The third kappa shape index (κ3) is 2.19. The quantitative estimate of drug-likeness (QED) is 0.713. The van der Waals surface area contributed by atoms with E-state index in [9.17, 15) is 15.0 Å². The average molecular weight is 445 g/mol. The van der Waals surface area contributed by atoms with Crippen LogP contribution in [-0.4, -0.2) is 62.8 Å². The summed E-state index contributed by atoms with van der Waals surface area (Å²) in [5.41, 5.74) is 2.33. The molecule has 1 spiro atoms. The zero-order valence-electron chi connectivity index (χ0n) is 18.5. The Morgan fingerprint density at radius 2 is 2.03 bits per heavy atom. The summed E-state index contributed by atoms with van der Waals surface area (Å²) >= 11 is 0. The Morgan fingerprint density at radius 1 is 1.18 bits per heavy atom. The van der Waals surface area contributed by atoms with Gasteiger partial charge in [0.2, 0.25) is 0 Å². The van der Waals surface area contributed by atoms with Crippen LogP contribution in [0.5, 0.6) is 11.5 Å². The second kappa shape index (κ2) is 6.39. The number of benzene rings is 2. The van der Waals surface area contributed by atoms with Crippen molar-refractivity contribution in [2.75, 3.05) is 13.1 Å². The Hall–Kier alpha value is -2.83. The number of likely N-dealkylation sites (tertiary alicyclic amines) is 1. The van der Waals surface area contributed by atoms with Gasteiger partial charge in [-0.3, -0.25) is 9.69 Å². The van der Waals surface area contributed by atoms with Gasteiger partial charge in [0.15, 0.2) is 11.5 Å². The summed E-state index contributed by atoms with van der Waals surface area (Å²) < 4.78 is 6.60. The van der Waals surface area contributed by atoms with Crippen molar-refractivity contribution in [3.63, 3.8) is 0 Å². The lowest BCUT2D eigenvalue weighted by Gasteiger charge is -2.64. The molecule has 2 bridgehead atoms. The number of carbonyl (C=O) groups excluding carboxylic acids is 1. The van der Waals surface area contributed by atoms with Crippen LogP contribution in [-0.2, 0) is 18.4 Å². The topological polar surface area (TPSA) is 73.2 Å². The summed E-state index contributed by atoms with van der Waals surface area (Å²) in [6, 6.07) is 11.3. The number of phenols is 1. The summed E-state index contributed by atoms with van der Waals surface area (Å²) in [7, 11) is 0. The molecule has 1 amide bonds. The first-order chi connectivity index (χ1) is 16.0. The van der Waals surface area contributed by atoms with E-state index in [1.165, 1.54) is 0 Å². The molecule has 3 aliphatic heterocycles. The Kier molecular flexibility index (Phi) is 3.80. The fourth-order valence-corrected chi connectivity index (χ4v) is 7.85. The monoisotopic (exact) mass is 444 g/mol. The smallest absolute Gasteiger partial charge is 0.254 e. The molecule has 2 aromatic carbocycles. The highest BCUT2D eigenvalue weighted by Crippen LogP contribution is 2.66. The van der Waals surface area contributed by atoms with Gasteiger partial charge in [0.25, 0.3) is 5.91 Å². The number of aliphatic hydroxyl groups is 1. The van der Waals surface area contributed by atoms with E-state index in [4.69, 9.17) is 4.74 Å². The second-order valence-corrected chi connectivity index (χ2v) is 10.3. The first kappa shape index (κ1) is 19.6. The molecular weight excluding hydrogens is 416 g/mol. The van der Waals surface area contributed by atoms with Gasteiger partial charge in [0.05, 0.1) is 17.1 Å². The number of aromatic hydroxyl groups is 1. The van der Waals surface area contributed by atoms with E-state index in [2.05, 4.69) is 11.5 Å². The number of amides is 1. The van der Waals surface area contributed by atoms with Crippen molar-refractivity contribution in [2.45, 2.75) is 61.4 Å². The lowest BCUT2D eigenvalue weighted by atomic mass is 9.48. The number of hydrogen-bond donors (Lipinski definition) is 2. The maximum absolute atomic E-state index is 13.4. The molecular formula is C27H28N2O4. The molecule has 6 heteroatoms. The molecule has 6 nitrogen and oxygen atoms in total. The first-order valence-corrected chi connectivity index (χ1v) is 12.0. The molecule has 170 valence electrons. The molecule has 5 atom stereocenters. The molecule has 33 heavy (non-hydrogen) atoms. The summed E-state index contributed by atoms with van der Waals surface area (Å²) in [4.78, 5) is 17.7. The second-order valence-electron chi connectivity index (χ2n) is 10.3. The molecule has 1 saturated carbocycles. The minimum absolute atomic E-state index is 0.0363. The van der Waals surface area contributed by atoms with Gasteiger partial charge in [-0.25, -0.2) is 0 Å². The van der Waals surface area contributed by atoms with E-state index in [-0.39, 0.29) is 29.8 Å². The van der Waals surface area contributed by atoms with Crippen molar-refractivity contribution in [2.24, 2.45) is 0 Å². The standard InChI is InChI=1S/C27H28N2O4/c1-2-12-28-13-11-26-22-16-7-8-20(30)23(22)33-24(26)19(9-10-27(26,32)21(28)14-16)29-15-17-5-3-4-6-18(17)25(29)31/h2-8,19,21,24,30,32H,1,9-15H2/t19-,21-,24-,26-,27+/m0/s1. The van der Waals surface area contributed by atoms with Crippen molar-refractivity contribution < 1.29 is 19.7 Å². The Labute approximate surface area is 193 Å². The van der Waals surface area contributed by atoms with Crippen molar-refractivity contribution in [3.05, 3.63) is 71.3 Å². The van der Waals surface area contributed by atoms with Gasteiger partial charge >= 0.3 is 0 Å². The van der Waals surface area contributed by atoms with Crippen LogP contribution in [0.4, 0.5) is 0 Å². The highest BCUT2D eigenvalue weighted by Gasteiger charge is 2.73. The van der Waals surface area contributed by atoms with Gasteiger partial charge < -0.3 is 19.8 Å². The number of rotatable bonds is 3. The van der Waals surface area contributed by atoms with Gasteiger partial charge in [0, 0.05) is 30.3 Å². The number of piperidine rings is 1. The number of carbonyl (C=O) groups is 1. The van der Waals surface area contributed by atoms with Crippen LogP contribution in [0, 0.1) is 0 Å². The van der Waals surface area contributed by atoms with Gasteiger partial charge in [-0.05, 0) is 55.5 Å². The fraction of sp³-hybridized carbons (Fsp3) is 0.444. The molecule has 1 saturated heterocycles. The molecule has 2 fully saturated rings. The number of ether oxygens (including phenoxy) is 1. The Balaban J connectivity index is 1.38. The number of nitrogens with zero attached hydrogens (tertiary/aromatic N) is 2. The van der Waals surface area contributed by atoms with Gasteiger partial charge in [-0.2, -0.15) is 0 Å². The lowest BCUT2D eigenvalue weighted by Crippen LogP contribution is -2.78. The van der Waals surface area contributed by atoms with Crippen LogP contribution >= 0.6 is 0 Å². The largest absolute Gasteiger partial charge is 0.504 e. The highest BCUT2D eigenvalue weighted by molar-refractivity contribution is 5.98. The summed E-state index contributed by atoms with van der Waals surface area (Å²) in [5.74, 6) is 0.683. The van der Waals surface area contributed by atoms with Crippen LogP contribution in [0.3, 0.4) is 0 Å². The average Bonchev–Trinajstić information content (AvgIpc) is 3.33. The first-order valence-electron chi connectivity index (χ1n) is 12.0. The SMILES string of the molecule is C=CCN1CC[C@]23c4c5ccc(O)c4O[C@H]2[C@@H](N2Cc4ccccc4C2=O)CC[C@@]3(O)[C@@H]1C5. The van der Waals surface area contributed by atoms with Crippen molar-refractivity contribution in [1.82, 2.24) is 9.80 Å². The summed E-state index contributed by atoms with van der Waals surface area (Å²) in [5, 5.41) is 23.2. The zero-order valence-corrected chi connectivity index (χ0v) is 18.5. The third-order valence-electron chi connectivity index (χ3n) is 9.15. The summed E-state index contributed by atoms with van der Waals surface area (Å²) in [6.45, 7) is 6.06.